The number of fused-ring (bicyclic) bond motifs is 3. The minimum Gasteiger partial charge on any atom is -0.463 e. The first-order valence-electron chi connectivity index (χ1n) is 10.6. The van der Waals surface area contributed by atoms with Gasteiger partial charge >= 0.3 is 0 Å². The van der Waals surface area contributed by atoms with Crippen molar-refractivity contribution in [3.05, 3.63) is 98.0 Å². The van der Waals surface area contributed by atoms with Crippen LogP contribution in [0.2, 0.25) is 15.1 Å². The molecule has 0 radical (unpaired) electrons. The van der Waals surface area contributed by atoms with Gasteiger partial charge in [-0.15, -0.1) is 0 Å². The molecule has 0 spiro atoms. The van der Waals surface area contributed by atoms with Crippen LogP contribution in [0.3, 0.4) is 0 Å². The summed E-state index contributed by atoms with van der Waals surface area (Å²) in [7, 11) is 0. The second-order valence-electron chi connectivity index (χ2n) is 9.30. The van der Waals surface area contributed by atoms with Crippen LogP contribution in [0.25, 0.3) is 0 Å². The van der Waals surface area contributed by atoms with E-state index in [0.29, 0.717) is 20.8 Å². The molecule has 2 heterocycles. The first-order valence-corrected chi connectivity index (χ1v) is 11.7. The molecule has 5 rings (SSSR count). The van der Waals surface area contributed by atoms with Crippen molar-refractivity contribution < 1.29 is 4.74 Å². The van der Waals surface area contributed by atoms with Crippen LogP contribution in [-0.2, 0) is 5.41 Å². The molecule has 0 bridgehead atoms. The standard InChI is InChI=1S/C26H23Cl3N2O/c1-26(2,3)17-8-4-16(5-9-17)25-31-23(20-12-19(28)13-21(29)24(20)32-25)14-22(30-31)15-6-10-18(27)11-7-15/h4-13,23,25H,14H2,1-3H3/t23-,25+/m1/s1. The second kappa shape index (κ2) is 7.98. The minimum atomic E-state index is -0.384. The topological polar surface area (TPSA) is 24.8 Å². The van der Waals surface area contributed by atoms with E-state index in [9.17, 15) is 0 Å². The third kappa shape index (κ3) is 3.87. The van der Waals surface area contributed by atoms with Gasteiger partial charge in [-0.1, -0.05) is 92.0 Å². The maximum Gasteiger partial charge on any atom is 0.213 e. The van der Waals surface area contributed by atoms with E-state index in [1.54, 1.807) is 6.07 Å². The largest absolute Gasteiger partial charge is 0.463 e. The van der Waals surface area contributed by atoms with Gasteiger partial charge in [0.2, 0.25) is 6.23 Å². The third-order valence-electron chi connectivity index (χ3n) is 6.05. The first kappa shape index (κ1) is 21.6. The van der Waals surface area contributed by atoms with Crippen LogP contribution in [0.4, 0.5) is 0 Å². The number of hydrogen-bond acceptors (Lipinski definition) is 3. The lowest BCUT2D eigenvalue weighted by Gasteiger charge is -2.38. The van der Waals surface area contributed by atoms with Gasteiger partial charge in [-0.2, -0.15) is 5.10 Å². The molecular formula is C26H23Cl3N2O. The quantitative estimate of drug-likeness (QED) is 0.365. The molecule has 6 heteroatoms. The smallest absolute Gasteiger partial charge is 0.213 e. The Kier molecular flexibility index (Phi) is 5.40. The van der Waals surface area contributed by atoms with E-state index in [0.717, 1.165) is 28.8 Å². The maximum atomic E-state index is 6.57. The van der Waals surface area contributed by atoms with Crippen molar-refractivity contribution in [3.8, 4) is 5.75 Å². The van der Waals surface area contributed by atoms with E-state index in [1.165, 1.54) is 5.56 Å². The molecule has 3 aromatic rings. The summed E-state index contributed by atoms with van der Waals surface area (Å²) >= 11 is 19.0. The van der Waals surface area contributed by atoms with E-state index in [1.807, 2.05) is 35.3 Å². The highest BCUT2D eigenvalue weighted by molar-refractivity contribution is 6.35. The molecule has 3 nitrogen and oxygen atoms in total. The predicted molar refractivity (Wildman–Crippen MR) is 132 cm³/mol. The Morgan fingerprint density at radius 2 is 1.59 bits per heavy atom. The molecule has 0 aromatic heterocycles. The molecule has 164 valence electrons. The highest BCUT2D eigenvalue weighted by Gasteiger charge is 2.42. The van der Waals surface area contributed by atoms with Gasteiger partial charge in [-0.05, 0) is 40.8 Å². The van der Waals surface area contributed by atoms with Gasteiger partial charge in [0.25, 0.3) is 0 Å². The zero-order chi connectivity index (χ0) is 22.6. The van der Waals surface area contributed by atoms with Crippen LogP contribution in [0.1, 0.15) is 61.7 Å². The average molecular weight is 486 g/mol. The fourth-order valence-electron chi connectivity index (χ4n) is 4.30. The van der Waals surface area contributed by atoms with E-state index < -0.39 is 0 Å². The van der Waals surface area contributed by atoms with Crippen molar-refractivity contribution in [3.63, 3.8) is 0 Å². The monoisotopic (exact) mass is 484 g/mol. The summed E-state index contributed by atoms with van der Waals surface area (Å²) in [4.78, 5) is 0. The molecule has 0 saturated heterocycles. The fourth-order valence-corrected chi connectivity index (χ4v) is 4.98. The minimum absolute atomic E-state index is 0.0204. The predicted octanol–water partition coefficient (Wildman–Crippen LogP) is 8.19. The first-order chi connectivity index (χ1) is 15.2. The SMILES string of the molecule is CC(C)(C)c1ccc([C@@H]2Oc3c(Cl)cc(Cl)cc3[C@H]3CC(c4ccc(Cl)cc4)=NN32)cc1. The summed E-state index contributed by atoms with van der Waals surface area (Å²) in [5, 5.41) is 8.83. The fraction of sp³-hybridized carbons (Fsp3) is 0.269. The molecule has 0 fully saturated rings. The Morgan fingerprint density at radius 1 is 0.906 bits per heavy atom. The molecular weight excluding hydrogens is 463 g/mol. The lowest BCUT2D eigenvalue weighted by Crippen LogP contribution is -2.34. The second-order valence-corrected chi connectivity index (χ2v) is 10.6. The maximum absolute atomic E-state index is 6.57. The van der Waals surface area contributed by atoms with Gasteiger partial charge in [0, 0.05) is 27.6 Å². The highest BCUT2D eigenvalue weighted by Crippen LogP contribution is 2.50. The molecule has 0 aliphatic carbocycles. The molecule has 2 atom stereocenters. The summed E-state index contributed by atoms with van der Waals surface area (Å²) < 4.78 is 6.45. The van der Waals surface area contributed by atoms with Crippen LogP contribution in [0.15, 0.2) is 65.8 Å². The van der Waals surface area contributed by atoms with Gasteiger partial charge < -0.3 is 4.74 Å². The third-order valence-corrected chi connectivity index (χ3v) is 6.80. The summed E-state index contributed by atoms with van der Waals surface area (Å²) in [6.07, 6.45) is 0.343. The number of hydrogen-bond donors (Lipinski definition) is 0. The normalized spacial score (nSPS) is 19.8. The molecule has 0 N–H and O–H groups in total. The van der Waals surface area contributed by atoms with Crippen molar-refractivity contribution in [1.29, 1.82) is 0 Å². The number of rotatable bonds is 2. The molecule has 0 unspecified atom stereocenters. The number of ether oxygens (including phenoxy) is 1. The van der Waals surface area contributed by atoms with Crippen molar-refractivity contribution in [2.45, 2.75) is 44.9 Å². The van der Waals surface area contributed by atoms with Crippen LogP contribution >= 0.6 is 34.8 Å². The van der Waals surface area contributed by atoms with Crippen molar-refractivity contribution in [2.24, 2.45) is 5.10 Å². The summed E-state index contributed by atoms with van der Waals surface area (Å²) in [5.41, 5.74) is 5.36. The average Bonchev–Trinajstić information content (AvgIpc) is 3.19. The highest BCUT2D eigenvalue weighted by atomic mass is 35.5. The van der Waals surface area contributed by atoms with Crippen LogP contribution < -0.4 is 4.74 Å². The zero-order valence-electron chi connectivity index (χ0n) is 18.1. The Morgan fingerprint density at radius 3 is 2.25 bits per heavy atom. The summed E-state index contributed by atoms with van der Waals surface area (Å²) in [6, 6.07) is 20.0. The van der Waals surface area contributed by atoms with Gasteiger partial charge in [0.1, 0.15) is 5.75 Å². The van der Waals surface area contributed by atoms with Crippen molar-refractivity contribution in [1.82, 2.24) is 5.01 Å². The van der Waals surface area contributed by atoms with Gasteiger partial charge in [0.05, 0.1) is 16.8 Å². The molecule has 0 saturated carbocycles. The molecule has 2 aliphatic heterocycles. The number of halogens is 3. The number of hydrazone groups is 1. The van der Waals surface area contributed by atoms with E-state index in [4.69, 9.17) is 44.6 Å². The zero-order valence-corrected chi connectivity index (χ0v) is 20.3. The lowest BCUT2D eigenvalue weighted by molar-refractivity contribution is -0.0189. The van der Waals surface area contributed by atoms with Gasteiger partial charge in [0.15, 0.2) is 0 Å². The molecule has 0 amide bonds. The van der Waals surface area contributed by atoms with Crippen molar-refractivity contribution in [2.75, 3.05) is 0 Å². The van der Waals surface area contributed by atoms with E-state index in [2.05, 4.69) is 45.0 Å². The summed E-state index contributed by atoms with van der Waals surface area (Å²) in [5.74, 6) is 0.676. The molecule has 32 heavy (non-hydrogen) atoms. The van der Waals surface area contributed by atoms with Crippen molar-refractivity contribution >= 4 is 40.5 Å². The van der Waals surface area contributed by atoms with Crippen LogP contribution in [0, 0.1) is 0 Å². The summed E-state index contributed by atoms with van der Waals surface area (Å²) in [6.45, 7) is 6.62. The molecule has 2 aliphatic rings. The Hall–Kier alpha value is -2.20. The van der Waals surface area contributed by atoms with Crippen LogP contribution in [-0.4, -0.2) is 10.7 Å². The van der Waals surface area contributed by atoms with Gasteiger partial charge in [-0.25, -0.2) is 5.01 Å². The molecule has 3 aromatic carbocycles. The van der Waals surface area contributed by atoms with E-state index >= 15 is 0 Å². The van der Waals surface area contributed by atoms with Gasteiger partial charge in [-0.3, -0.25) is 0 Å². The Bertz CT molecular complexity index is 1200. The number of nitrogens with zero attached hydrogens (tertiary/aromatic N) is 2. The van der Waals surface area contributed by atoms with Crippen LogP contribution in [0.5, 0.6) is 5.75 Å². The lowest BCUT2D eigenvalue weighted by atomic mass is 9.86. The number of benzene rings is 3. The Balaban J connectivity index is 1.59. The van der Waals surface area contributed by atoms with E-state index in [-0.39, 0.29) is 17.7 Å². The Labute approximate surface area is 203 Å².